The Hall–Kier alpha value is -1.59. The molecule has 0 radical (unpaired) electrons. The van der Waals surface area contributed by atoms with E-state index in [4.69, 9.17) is 11.6 Å². The molecule has 1 N–H and O–H groups in total. The fraction of sp³-hybridized carbons (Fsp3) is 0.167. The zero-order valence-corrected chi connectivity index (χ0v) is 11.4. The summed E-state index contributed by atoms with van der Waals surface area (Å²) in [4.78, 5) is 15.8. The standard InChI is InChI=1S/C12H11ClN2O2S/c1-7-3-4-8(13)9(5-7)15-12-14-6-10(18-12)11(16)17-2/h3-6H,1-2H3,(H,14,15). The highest BCUT2D eigenvalue weighted by atomic mass is 35.5. The summed E-state index contributed by atoms with van der Waals surface area (Å²) >= 11 is 7.29. The van der Waals surface area contributed by atoms with Gasteiger partial charge in [-0.15, -0.1) is 0 Å². The fourth-order valence-corrected chi connectivity index (χ4v) is 2.29. The lowest BCUT2D eigenvalue weighted by molar-refractivity contribution is 0.0606. The van der Waals surface area contributed by atoms with Crippen LogP contribution in [0.4, 0.5) is 10.8 Å². The Bertz CT molecular complexity index is 583. The van der Waals surface area contributed by atoms with E-state index in [2.05, 4.69) is 15.0 Å². The summed E-state index contributed by atoms with van der Waals surface area (Å²) in [5.41, 5.74) is 1.86. The number of carbonyl (C=O) groups excluding carboxylic acids is 1. The molecule has 6 heteroatoms. The van der Waals surface area contributed by atoms with Gasteiger partial charge in [0.05, 0.1) is 24.0 Å². The number of aryl methyl sites for hydroxylation is 1. The normalized spacial score (nSPS) is 10.2. The topological polar surface area (TPSA) is 51.2 Å². The van der Waals surface area contributed by atoms with Crippen molar-refractivity contribution >= 4 is 39.7 Å². The lowest BCUT2D eigenvalue weighted by Gasteiger charge is -2.05. The van der Waals surface area contributed by atoms with Crippen molar-refractivity contribution in [1.82, 2.24) is 4.98 Å². The maximum atomic E-state index is 11.3. The van der Waals surface area contributed by atoms with E-state index in [1.165, 1.54) is 24.6 Å². The molecule has 1 heterocycles. The maximum Gasteiger partial charge on any atom is 0.349 e. The Balaban J connectivity index is 2.21. The molecule has 0 aliphatic rings. The second kappa shape index (κ2) is 5.37. The molecule has 94 valence electrons. The van der Waals surface area contributed by atoms with E-state index in [1.807, 2.05) is 25.1 Å². The molecule has 1 aromatic carbocycles. The molecule has 0 unspecified atom stereocenters. The Kier molecular flexibility index (Phi) is 3.84. The highest BCUT2D eigenvalue weighted by molar-refractivity contribution is 7.17. The molecule has 0 fully saturated rings. The van der Waals surface area contributed by atoms with Crippen molar-refractivity contribution in [3.63, 3.8) is 0 Å². The fourth-order valence-electron chi connectivity index (χ4n) is 1.38. The third-order valence-electron chi connectivity index (χ3n) is 2.26. The quantitative estimate of drug-likeness (QED) is 0.873. The van der Waals surface area contributed by atoms with Crippen LogP contribution in [-0.2, 0) is 4.74 Å². The van der Waals surface area contributed by atoms with Gasteiger partial charge in [-0.05, 0) is 24.6 Å². The number of ether oxygens (including phenoxy) is 1. The van der Waals surface area contributed by atoms with Crippen LogP contribution in [-0.4, -0.2) is 18.1 Å². The van der Waals surface area contributed by atoms with Gasteiger partial charge in [0, 0.05) is 0 Å². The first kappa shape index (κ1) is 12.9. The summed E-state index contributed by atoms with van der Waals surface area (Å²) in [6.45, 7) is 1.98. The SMILES string of the molecule is COC(=O)c1cnc(Nc2cc(C)ccc2Cl)s1. The number of hydrogen-bond acceptors (Lipinski definition) is 5. The molecule has 0 saturated carbocycles. The third-order valence-corrected chi connectivity index (χ3v) is 3.48. The molecule has 4 nitrogen and oxygen atoms in total. The van der Waals surface area contributed by atoms with Crippen molar-refractivity contribution in [2.24, 2.45) is 0 Å². The second-order valence-corrected chi connectivity index (χ2v) is 5.07. The summed E-state index contributed by atoms with van der Waals surface area (Å²) in [6, 6.07) is 5.66. The number of nitrogens with zero attached hydrogens (tertiary/aromatic N) is 1. The van der Waals surface area contributed by atoms with E-state index < -0.39 is 5.97 Å². The van der Waals surface area contributed by atoms with Crippen LogP contribution in [0.3, 0.4) is 0 Å². The smallest absolute Gasteiger partial charge is 0.349 e. The van der Waals surface area contributed by atoms with Crippen molar-refractivity contribution in [2.75, 3.05) is 12.4 Å². The Labute approximate surface area is 114 Å². The minimum absolute atomic E-state index is 0.393. The second-order valence-electron chi connectivity index (χ2n) is 3.63. The molecule has 0 saturated heterocycles. The van der Waals surface area contributed by atoms with Crippen molar-refractivity contribution in [1.29, 1.82) is 0 Å². The summed E-state index contributed by atoms with van der Waals surface area (Å²) in [6.07, 6.45) is 1.47. The number of anilines is 2. The predicted octanol–water partition coefficient (Wildman–Crippen LogP) is 3.64. The van der Waals surface area contributed by atoms with E-state index >= 15 is 0 Å². The number of hydrogen-bond donors (Lipinski definition) is 1. The zero-order chi connectivity index (χ0) is 13.1. The molecular formula is C12H11ClN2O2S. The number of aromatic nitrogens is 1. The van der Waals surface area contributed by atoms with Crippen LogP contribution in [0.2, 0.25) is 5.02 Å². The Morgan fingerprint density at radius 2 is 2.28 bits per heavy atom. The third kappa shape index (κ3) is 2.80. The summed E-state index contributed by atoms with van der Waals surface area (Å²) < 4.78 is 4.62. The van der Waals surface area contributed by atoms with Crippen LogP contribution in [0.15, 0.2) is 24.4 Å². The lowest BCUT2D eigenvalue weighted by Crippen LogP contribution is -1.96. The monoisotopic (exact) mass is 282 g/mol. The Morgan fingerprint density at radius 1 is 1.50 bits per heavy atom. The van der Waals surface area contributed by atoms with Gasteiger partial charge in [-0.1, -0.05) is 29.0 Å². The maximum absolute atomic E-state index is 11.3. The lowest BCUT2D eigenvalue weighted by atomic mass is 10.2. The largest absolute Gasteiger partial charge is 0.465 e. The number of carbonyl (C=O) groups is 1. The summed E-state index contributed by atoms with van der Waals surface area (Å²) in [7, 11) is 1.34. The summed E-state index contributed by atoms with van der Waals surface area (Å²) in [5.74, 6) is -0.393. The first-order chi connectivity index (χ1) is 8.60. The van der Waals surface area contributed by atoms with Crippen molar-refractivity contribution in [3.05, 3.63) is 39.9 Å². The van der Waals surface area contributed by atoms with E-state index in [9.17, 15) is 4.79 Å². The minimum atomic E-state index is -0.393. The van der Waals surface area contributed by atoms with Crippen LogP contribution in [0.5, 0.6) is 0 Å². The summed E-state index contributed by atoms with van der Waals surface area (Å²) in [5, 5.41) is 4.29. The molecule has 2 rings (SSSR count). The zero-order valence-electron chi connectivity index (χ0n) is 9.86. The van der Waals surface area contributed by atoms with Gasteiger partial charge in [-0.25, -0.2) is 9.78 Å². The van der Waals surface area contributed by atoms with Crippen LogP contribution in [0.25, 0.3) is 0 Å². The van der Waals surface area contributed by atoms with E-state index in [0.29, 0.717) is 15.0 Å². The van der Waals surface area contributed by atoms with Gasteiger partial charge in [0.2, 0.25) is 0 Å². The van der Waals surface area contributed by atoms with Crippen LogP contribution in [0, 0.1) is 6.92 Å². The van der Waals surface area contributed by atoms with Gasteiger partial charge >= 0.3 is 5.97 Å². The average Bonchev–Trinajstić information content (AvgIpc) is 2.81. The van der Waals surface area contributed by atoms with Crippen LogP contribution < -0.4 is 5.32 Å². The molecule has 1 aromatic heterocycles. The van der Waals surface area contributed by atoms with E-state index in [-0.39, 0.29) is 0 Å². The number of thiazole rings is 1. The molecule has 0 amide bonds. The van der Waals surface area contributed by atoms with Crippen molar-refractivity contribution in [2.45, 2.75) is 6.92 Å². The molecular weight excluding hydrogens is 272 g/mol. The molecule has 0 spiro atoms. The number of halogens is 1. The number of benzene rings is 1. The highest BCUT2D eigenvalue weighted by Crippen LogP contribution is 2.28. The van der Waals surface area contributed by atoms with Gasteiger partial charge in [0.15, 0.2) is 5.13 Å². The van der Waals surface area contributed by atoms with E-state index in [0.717, 1.165) is 11.3 Å². The van der Waals surface area contributed by atoms with Crippen LogP contribution in [0.1, 0.15) is 15.2 Å². The van der Waals surface area contributed by atoms with Crippen LogP contribution >= 0.6 is 22.9 Å². The van der Waals surface area contributed by atoms with Gasteiger partial charge in [-0.2, -0.15) is 0 Å². The Morgan fingerprint density at radius 3 is 3.00 bits per heavy atom. The van der Waals surface area contributed by atoms with Gasteiger partial charge < -0.3 is 10.1 Å². The number of methoxy groups -OCH3 is 1. The van der Waals surface area contributed by atoms with Gasteiger partial charge in [0.1, 0.15) is 4.88 Å². The number of nitrogens with one attached hydrogen (secondary N) is 1. The molecule has 0 aliphatic carbocycles. The highest BCUT2D eigenvalue weighted by Gasteiger charge is 2.11. The average molecular weight is 283 g/mol. The van der Waals surface area contributed by atoms with Crippen molar-refractivity contribution in [3.8, 4) is 0 Å². The molecule has 2 aromatic rings. The first-order valence-electron chi connectivity index (χ1n) is 5.17. The van der Waals surface area contributed by atoms with E-state index in [1.54, 1.807) is 0 Å². The first-order valence-corrected chi connectivity index (χ1v) is 6.37. The van der Waals surface area contributed by atoms with Gasteiger partial charge in [0.25, 0.3) is 0 Å². The number of rotatable bonds is 3. The number of esters is 1. The molecule has 18 heavy (non-hydrogen) atoms. The van der Waals surface area contributed by atoms with Crippen molar-refractivity contribution < 1.29 is 9.53 Å². The molecule has 0 atom stereocenters. The molecule has 0 aliphatic heterocycles. The predicted molar refractivity (Wildman–Crippen MR) is 72.9 cm³/mol. The molecule has 0 bridgehead atoms. The minimum Gasteiger partial charge on any atom is -0.465 e. The van der Waals surface area contributed by atoms with Gasteiger partial charge in [-0.3, -0.25) is 0 Å².